The van der Waals surface area contributed by atoms with Crippen molar-refractivity contribution in [3.8, 4) is 67.4 Å². The summed E-state index contributed by atoms with van der Waals surface area (Å²) in [6.45, 7) is 26.7. The summed E-state index contributed by atoms with van der Waals surface area (Å²) in [6.07, 6.45) is 8.60. The first-order valence-corrected chi connectivity index (χ1v) is 29.9. The van der Waals surface area contributed by atoms with Gasteiger partial charge in [-0.3, -0.25) is 0 Å². The van der Waals surface area contributed by atoms with Crippen LogP contribution < -0.4 is 9.97 Å². The fraction of sp³-hybridized carbons (Fsp3) is 0.200. The summed E-state index contributed by atoms with van der Waals surface area (Å²) in [7, 11) is -3.12. The molecule has 0 amide bonds. The third-order valence-corrected chi connectivity index (χ3v) is 13.7. The Labute approximate surface area is 412 Å². The Kier molecular flexibility index (Phi) is 12.9. The molecule has 4 aromatic carbocycles. The van der Waals surface area contributed by atoms with Gasteiger partial charge in [0.25, 0.3) is 0 Å². The van der Waals surface area contributed by atoms with Crippen LogP contribution in [0.3, 0.4) is 0 Å². The standard InChI is InChI=1S/C60H56N4Si2.Zn/c1-37-33-39(3)55(40(4)34-37)59-51-25-23-49(62-51)57(45-17-13-43(14-18-45)29-31-65(7,8)9)47-21-22-48(61-47)58(46-19-15-44(16-20-46)30-32-66(10,11)12)50-24-26-52(63-50)60(54-28-27-53(59)64-54)56-41(5)35-38(2)36-42(56)6;/h13-28,33-36H,1-12H3;/q-2;+2. The van der Waals surface area contributed by atoms with E-state index in [0.29, 0.717) is 0 Å². The number of fused-ring (bicyclic) bond motifs is 8. The molecule has 2 aliphatic heterocycles. The molecule has 326 valence electrons. The summed E-state index contributed by atoms with van der Waals surface area (Å²) in [5, 5.41) is 0. The van der Waals surface area contributed by atoms with Gasteiger partial charge in [-0.15, -0.1) is 33.2 Å². The fourth-order valence-electron chi connectivity index (χ4n) is 9.30. The smallest absolute Gasteiger partial charge is 0.657 e. The van der Waals surface area contributed by atoms with Crippen LogP contribution >= 0.6 is 0 Å². The van der Waals surface area contributed by atoms with Crippen molar-refractivity contribution in [2.24, 2.45) is 0 Å². The average molecular weight is 955 g/mol. The predicted octanol–water partition coefficient (Wildman–Crippen LogP) is 14.9. The average Bonchev–Trinajstić information content (AvgIpc) is 4.09. The number of benzene rings is 4. The molecule has 7 heteroatoms. The number of aryl methyl sites for hydroxylation is 6. The molecule has 0 spiro atoms. The van der Waals surface area contributed by atoms with Gasteiger partial charge in [0.1, 0.15) is 16.1 Å². The van der Waals surface area contributed by atoms with E-state index in [-0.39, 0.29) is 19.5 Å². The van der Waals surface area contributed by atoms with E-state index in [0.717, 1.165) is 100 Å². The molecule has 2 aliphatic rings. The molecule has 0 fully saturated rings. The van der Waals surface area contributed by atoms with E-state index >= 15 is 0 Å². The molecule has 3 aromatic heterocycles. The molecular weight excluding hydrogens is 898 g/mol. The molecule has 5 heterocycles. The predicted molar refractivity (Wildman–Crippen MR) is 287 cm³/mol. The van der Waals surface area contributed by atoms with Crippen LogP contribution in [0.1, 0.15) is 67.3 Å². The number of rotatable bonds is 4. The third kappa shape index (κ3) is 9.88. The van der Waals surface area contributed by atoms with E-state index in [1.807, 2.05) is 0 Å². The van der Waals surface area contributed by atoms with E-state index in [1.165, 1.54) is 33.4 Å². The maximum Gasteiger partial charge on any atom is 2.00 e. The van der Waals surface area contributed by atoms with Crippen molar-refractivity contribution < 1.29 is 19.5 Å². The van der Waals surface area contributed by atoms with E-state index in [2.05, 4.69) is 225 Å². The van der Waals surface area contributed by atoms with Gasteiger partial charge in [-0.2, -0.15) is 0 Å². The van der Waals surface area contributed by atoms with E-state index in [4.69, 9.17) is 19.9 Å². The third-order valence-electron chi connectivity index (χ3n) is 12.0. The first-order valence-electron chi connectivity index (χ1n) is 22.9. The topological polar surface area (TPSA) is 54.0 Å². The molecule has 9 rings (SSSR count). The van der Waals surface area contributed by atoms with Gasteiger partial charge in [-0.05, 0) is 157 Å². The summed E-state index contributed by atoms with van der Waals surface area (Å²) in [4.78, 5) is 22.2. The van der Waals surface area contributed by atoms with Crippen LogP contribution in [0.5, 0.6) is 0 Å². The second-order valence-corrected chi connectivity index (χ2v) is 29.6. The van der Waals surface area contributed by atoms with Gasteiger partial charge in [0.15, 0.2) is 0 Å². The van der Waals surface area contributed by atoms with Gasteiger partial charge in [0.05, 0.1) is 22.8 Å². The normalized spacial score (nSPS) is 12.0. The number of nitrogens with zero attached hydrogens (tertiary/aromatic N) is 4. The molecule has 0 aliphatic carbocycles. The van der Waals surface area contributed by atoms with Crippen molar-refractivity contribution in [2.75, 3.05) is 0 Å². The van der Waals surface area contributed by atoms with Gasteiger partial charge >= 0.3 is 19.5 Å². The van der Waals surface area contributed by atoms with Gasteiger partial charge in [-0.1, -0.05) is 135 Å². The summed E-state index contributed by atoms with van der Waals surface area (Å²) in [5.74, 6) is 6.89. The zero-order chi connectivity index (χ0) is 46.7. The van der Waals surface area contributed by atoms with Crippen LogP contribution in [0.4, 0.5) is 0 Å². The second-order valence-electron chi connectivity index (χ2n) is 20.1. The first kappa shape index (κ1) is 47.2. The molecule has 0 radical (unpaired) electrons. The zero-order valence-corrected chi connectivity index (χ0v) is 46.0. The van der Waals surface area contributed by atoms with Crippen LogP contribution in [-0.4, -0.2) is 26.1 Å². The molecule has 0 saturated carbocycles. The van der Waals surface area contributed by atoms with Gasteiger partial charge in [0, 0.05) is 11.1 Å². The minimum atomic E-state index is -1.56. The molecule has 0 atom stereocenters. The molecule has 7 aromatic rings. The minimum absolute atomic E-state index is 0. The van der Waals surface area contributed by atoms with Crippen LogP contribution in [0.2, 0.25) is 39.3 Å². The van der Waals surface area contributed by atoms with Crippen molar-refractivity contribution in [1.29, 1.82) is 0 Å². The van der Waals surface area contributed by atoms with Gasteiger partial charge in [0.2, 0.25) is 0 Å². The molecule has 0 saturated heterocycles. The van der Waals surface area contributed by atoms with Gasteiger partial charge < -0.3 is 9.97 Å². The molecular formula is C60H56N4Si2Zn. The van der Waals surface area contributed by atoms with Crippen molar-refractivity contribution in [3.63, 3.8) is 0 Å². The Morgan fingerprint density at radius 3 is 0.955 bits per heavy atom. The Hall–Kier alpha value is -6.34. The van der Waals surface area contributed by atoms with Gasteiger partial charge in [-0.25, -0.2) is 9.97 Å². The fourth-order valence-corrected chi connectivity index (χ4v) is 10.3. The van der Waals surface area contributed by atoms with E-state index in [9.17, 15) is 0 Å². The summed E-state index contributed by atoms with van der Waals surface area (Å²) < 4.78 is 0. The quantitative estimate of drug-likeness (QED) is 0.130. The van der Waals surface area contributed by atoms with Crippen molar-refractivity contribution in [2.45, 2.75) is 80.8 Å². The zero-order valence-electron chi connectivity index (χ0n) is 41.0. The summed E-state index contributed by atoms with van der Waals surface area (Å²) >= 11 is 0. The summed E-state index contributed by atoms with van der Waals surface area (Å²) in [5.41, 5.74) is 31.3. The number of hydrogen-bond acceptors (Lipinski definition) is 2. The Morgan fingerprint density at radius 2 is 0.657 bits per heavy atom. The summed E-state index contributed by atoms with van der Waals surface area (Å²) in [6, 6.07) is 34.8. The Balaban J connectivity index is 0.00000608. The van der Waals surface area contributed by atoms with Crippen LogP contribution in [-0.2, 0) is 19.5 Å². The second kappa shape index (κ2) is 18.4. The minimum Gasteiger partial charge on any atom is -0.657 e. The van der Waals surface area contributed by atoms with Crippen LogP contribution in [0, 0.1) is 64.5 Å². The SMILES string of the molecule is Cc1cc(C)c(-c2c3nc(c(-c4c(C)cc(C)cc4C)c4ccc([n-]4)c(-c4ccc(C#C[Si](C)(C)C)cc4)c4nc(c(-c5ccc(C#C[Si](C)(C)C)cc5)c5ccc2[n-]5)C=C4)C=C3)c(C)c1.[Zn+2]. The molecule has 4 nitrogen and oxygen atoms in total. The van der Waals surface area contributed by atoms with Crippen molar-refractivity contribution in [3.05, 3.63) is 164 Å². The molecule has 0 unspecified atom stereocenters. The van der Waals surface area contributed by atoms with Crippen LogP contribution in [0.25, 0.3) is 90.9 Å². The monoisotopic (exact) mass is 952 g/mol. The molecule has 67 heavy (non-hydrogen) atoms. The van der Waals surface area contributed by atoms with E-state index in [1.54, 1.807) is 0 Å². The number of aromatic nitrogens is 4. The maximum atomic E-state index is 5.59. The first-order chi connectivity index (χ1) is 31.4. The van der Waals surface area contributed by atoms with Crippen LogP contribution in [0.15, 0.2) is 97.1 Å². The number of hydrogen-bond donors (Lipinski definition) is 0. The maximum absolute atomic E-state index is 5.59. The van der Waals surface area contributed by atoms with Crippen molar-refractivity contribution >= 4 is 62.5 Å². The van der Waals surface area contributed by atoms with E-state index < -0.39 is 16.1 Å². The Bertz CT molecular complexity index is 3220. The largest absolute Gasteiger partial charge is 2.00 e. The Morgan fingerprint density at radius 1 is 0.373 bits per heavy atom. The van der Waals surface area contributed by atoms with Crippen molar-refractivity contribution in [1.82, 2.24) is 19.9 Å². The molecule has 8 bridgehead atoms. The molecule has 0 N–H and O–H groups in total.